The zero-order valence-corrected chi connectivity index (χ0v) is 8.78. The summed E-state index contributed by atoms with van der Waals surface area (Å²) < 4.78 is 4.48. The first-order chi connectivity index (χ1) is 6.65. The quantitative estimate of drug-likeness (QED) is 0.636. The van der Waals surface area contributed by atoms with E-state index in [9.17, 15) is 9.59 Å². The lowest BCUT2D eigenvalue weighted by molar-refractivity contribution is -0.143. The van der Waals surface area contributed by atoms with Crippen LogP contribution in [-0.2, 0) is 14.3 Å². The van der Waals surface area contributed by atoms with Gasteiger partial charge in [0.05, 0.1) is 13.5 Å². The summed E-state index contributed by atoms with van der Waals surface area (Å²) in [5.41, 5.74) is 0. The molecule has 0 spiro atoms. The highest BCUT2D eigenvalue weighted by atomic mass is 16.5. The molecule has 1 fully saturated rings. The summed E-state index contributed by atoms with van der Waals surface area (Å²) in [6, 6.07) is 0.333. The van der Waals surface area contributed by atoms with Gasteiger partial charge in [0.25, 0.3) is 0 Å². The summed E-state index contributed by atoms with van der Waals surface area (Å²) >= 11 is 0. The molecule has 14 heavy (non-hydrogen) atoms. The fourth-order valence-electron chi connectivity index (χ4n) is 1.76. The van der Waals surface area contributed by atoms with Crippen molar-refractivity contribution in [3.05, 3.63) is 0 Å². The number of amides is 1. The summed E-state index contributed by atoms with van der Waals surface area (Å²) in [6.07, 6.45) is 2.62. The van der Waals surface area contributed by atoms with Crippen LogP contribution in [0, 0.1) is 0 Å². The fraction of sp³-hybridized carbons (Fsp3) is 0.800. The normalized spacial score (nSPS) is 21.0. The van der Waals surface area contributed by atoms with Crippen LogP contribution >= 0.6 is 0 Å². The second-order valence-corrected chi connectivity index (χ2v) is 3.65. The summed E-state index contributed by atoms with van der Waals surface area (Å²) in [6.45, 7) is 2.88. The van der Waals surface area contributed by atoms with Crippen molar-refractivity contribution < 1.29 is 14.3 Å². The predicted octanol–water partition coefficient (Wildman–Crippen LogP) is 0.950. The molecule has 1 rings (SSSR count). The lowest BCUT2D eigenvalue weighted by atomic mass is 10.2. The van der Waals surface area contributed by atoms with Gasteiger partial charge >= 0.3 is 5.97 Å². The first-order valence-corrected chi connectivity index (χ1v) is 5.01. The first-order valence-electron chi connectivity index (χ1n) is 5.01. The van der Waals surface area contributed by atoms with Crippen molar-refractivity contribution in [2.75, 3.05) is 13.7 Å². The van der Waals surface area contributed by atoms with Gasteiger partial charge in [-0.2, -0.15) is 0 Å². The minimum atomic E-state index is -0.315. The first kappa shape index (κ1) is 11.0. The summed E-state index contributed by atoms with van der Waals surface area (Å²) in [5, 5.41) is 0. The molecule has 0 saturated carbocycles. The molecule has 1 saturated heterocycles. The number of nitrogens with zero attached hydrogens (tertiary/aromatic N) is 1. The van der Waals surface area contributed by atoms with E-state index in [1.54, 1.807) is 0 Å². The number of hydrogen-bond donors (Lipinski definition) is 0. The maximum Gasteiger partial charge on any atom is 0.306 e. The molecule has 1 aliphatic rings. The van der Waals surface area contributed by atoms with E-state index in [4.69, 9.17) is 0 Å². The minimum absolute atomic E-state index is 0.0698. The van der Waals surface area contributed by atoms with Gasteiger partial charge in [0.15, 0.2) is 0 Å². The lowest BCUT2D eigenvalue weighted by Gasteiger charge is -2.20. The zero-order valence-electron chi connectivity index (χ0n) is 8.78. The van der Waals surface area contributed by atoms with Crippen LogP contribution in [0.15, 0.2) is 0 Å². The second kappa shape index (κ2) is 4.98. The van der Waals surface area contributed by atoms with Gasteiger partial charge in [-0.1, -0.05) is 0 Å². The smallest absolute Gasteiger partial charge is 0.306 e. The van der Waals surface area contributed by atoms with Crippen molar-refractivity contribution in [2.24, 2.45) is 0 Å². The molecule has 1 unspecified atom stereocenters. The number of carbonyl (C=O) groups is 2. The number of hydrogen-bond acceptors (Lipinski definition) is 3. The highest BCUT2D eigenvalue weighted by Crippen LogP contribution is 2.17. The average Bonchev–Trinajstić information content (AvgIpc) is 2.60. The van der Waals surface area contributed by atoms with Crippen LogP contribution in [0.5, 0.6) is 0 Å². The average molecular weight is 199 g/mol. The topological polar surface area (TPSA) is 46.6 Å². The van der Waals surface area contributed by atoms with Crippen LogP contribution in [-0.4, -0.2) is 36.5 Å². The molecule has 1 atom stereocenters. The third-order valence-electron chi connectivity index (χ3n) is 2.64. The van der Waals surface area contributed by atoms with E-state index in [1.165, 1.54) is 7.11 Å². The number of rotatable bonds is 3. The summed E-state index contributed by atoms with van der Waals surface area (Å²) in [5.74, 6) is -0.245. The van der Waals surface area contributed by atoms with Crippen LogP contribution in [0.4, 0.5) is 0 Å². The van der Waals surface area contributed by atoms with Crippen LogP contribution in [0.1, 0.15) is 32.6 Å². The fourth-order valence-corrected chi connectivity index (χ4v) is 1.76. The molecule has 1 heterocycles. The Balaban J connectivity index is 2.31. The van der Waals surface area contributed by atoms with Gasteiger partial charge in [-0.15, -0.1) is 0 Å². The van der Waals surface area contributed by atoms with Crippen LogP contribution in [0.2, 0.25) is 0 Å². The van der Waals surface area contributed by atoms with Crippen molar-refractivity contribution in [2.45, 2.75) is 38.6 Å². The molecule has 0 radical (unpaired) electrons. The summed E-state index contributed by atoms with van der Waals surface area (Å²) in [4.78, 5) is 24.3. The summed E-state index contributed by atoms with van der Waals surface area (Å²) in [7, 11) is 1.34. The van der Waals surface area contributed by atoms with E-state index in [-0.39, 0.29) is 24.7 Å². The second-order valence-electron chi connectivity index (χ2n) is 3.65. The van der Waals surface area contributed by atoms with Gasteiger partial charge in [0, 0.05) is 19.0 Å². The molecule has 80 valence electrons. The number of ether oxygens (including phenoxy) is 1. The van der Waals surface area contributed by atoms with Gasteiger partial charge in [0.1, 0.15) is 0 Å². The Morgan fingerprint density at radius 3 is 2.64 bits per heavy atom. The maximum absolute atomic E-state index is 11.6. The molecule has 0 aromatic carbocycles. The Morgan fingerprint density at radius 1 is 1.43 bits per heavy atom. The Labute approximate surface area is 84.2 Å². The Hall–Kier alpha value is -1.06. The molecule has 0 aliphatic carbocycles. The number of likely N-dealkylation sites (tertiary alicyclic amines) is 1. The third-order valence-corrected chi connectivity index (χ3v) is 2.64. The number of carbonyl (C=O) groups excluding carboxylic acids is 2. The molecular weight excluding hydrogens is 182 g/mol. The van der Waals surface area contributed by atoms with Crippen molar-refractivity contribution >= 4 is 11.9 Å². The third kappa shape index (κ3) is 2.72. The van der Waals surface area contributed by atoms with E-state index in [0.29, 0.717) is 6.04 Å². The van der Waals surface area contributed by atoms with E-state index in [2.05, 4.69) is 4.74 Å². The number of esters is 1. The molecule has 0 bridgehead atoms. The van der Waals surface area contributed by atoms with Crippen molar-refractivity contribution in [1.82, 2.24) is 4.90 Å². The van der Waals surface area contributed by atoms with Gasteiger partial charge in [-0.3, -0.25) is 9.59 Å². The molecular formula is C10H17NO3. The highest BCUT2D eigenvalue weighted by Gasteiger charge is 2.24. The van der Waals surface area contributed by atoms with Crippen LogP contribution in [0.25, 0.3) is 0 Å². The van der Waals surface area contributed by atoms with Crippen molar-refractivity contribution in [3.63, 3.8) is 0 Å². The number of methoxy groups -OCH3 is 1. The van der Waals surface area contributed by atoms with E-state index >= 15 is 0 Å². The van der Waals surface area contributed by atoms with E-state index < -0.39 is 0 Å². The van der Waals surface area contributed by atoms with Crippen LogP contribution in [0.3, 0.4) is 0 Å². The molecule has 0 aromatic rings. The predicted molar refractivity (Wildman–Crippen MR) is 51.7 cm³/mol. The monoisotopic (exact) mass is 199 g/mol. The Bertz CT molecular complexity index is 227. The molecule has 4 heteroatoms. The molecule has 0 N–H and O–H groups in total. The van der Waals surface area contributed by atoms with Gasteiger partial charge in [0.2, 0.25) is 5.91 Å². The van der Waals surface area contributed by atoms with Crippen LogP contribution < -0.4 is 0 Å². The largest absolute Gasteiger partial charge is 0.469 e. The van der Waals surface area contributed by atoms with Gasteiger partial charge < -0.3 is 9.64 Å². The standard InChI is InChI=1S/C10H17NO3/c1-8-4-3-7-11(8)9(12)5-6-10(13)14-2/h8H,3-7H2,1-2H3. The van der Waals surface area contributed by atoms with E-state index in [1.807, 2.05) is 11.8 Å². The van der Waals surface area contributed by atoms with Gasteiger partial charge in [-0.05, 0) is 19.8 Å². The minimum Gasteiger partial charge on any atom is -0.469 e. The molecule has 0 aromatic heterocycles. The Morgan fingerprint density at radius 2 is 2.14 bits per heavy atom. The van der Waals surface area contributed by atoms with Crippen molar-refractivity contribution in [3.8, 4) is 0 Å². The molecule has 4 nitrogen and oxygen atoms in total. The van der Waals surface area contributed by atoms with E-state index in [0.717, 1.165) is 19.4 Å². The Kier molecular flexibility index (Phi) is 3.92. The SMILES string of the molecule is COC(=O)CCC(=O)N1CCCC1C. The molecule has 1 amide bonds. The molecule has 1 aliphatic heterocycles. The van der Waals surface area contributed by atoms with Crippen molar-refractivity contribution in [1.29, 1.82) is 0 Å². The maximum atomic E-state index is 11.6. The lowest BCUT2D eigenvalue weighted by Crippen LogP contribution is -2.33. The zero-order chi connectivity index (χ0) is 10.6. The van der Waals surface area contributed by atoms with Gasteiger partial charge in [-0.25, -0.2) is 0 Å². The highest BCUT2D eigenvalue weighted by molar-refractivity contribution is 5.81.